The molecule has 0 fully saturated rings. The molecule has 98 valence electrons. The van der Waals surface area contributed by atoms with Crippen LogP contribution in [0.5, 0.6) is 0 Å². The Morgan fingerprint density at radius 3 is 2.47 bits per heavy atom. The molecule has 2 rings (SSSR count). The van der Waals surface area contributed by atoms with Gasteiger partial charge in [0.25, 0.3) is 0 Å². The van der Waals surface area contributed by atoms with Crippen molar-refractivity contribution in [2.75, 3.05) is 11.1 Å². The summed E-state index contributed by atoms with van der Waals surface area (Å²) in [6.07, 6.45) is 0.983. The lowest BCUT2D eigenvalue weighted by Gasteiger charge is -2.10. The Bertz CT molecular complexity index is 592. The highest BCUT2D eigenvalue weighted by atomic mass is 16.4. The van der Waals surface area contributed by atoms with Gasteiger partial charge in [0.05, 0.1) is 16.9 Å². The van der Waals surface area contributed by atoms with Crippen molar-refractivity contribution in [2.45, 2.75) is 13.3 Å². The number of rotatable bonds is 4. The van der Waals surface area contributed by atoms with E-state index < -0.39 is 5.97 Å². The second kappa shape index (κ2) is 5.44. The van der Waals surface area contributed by atoms with E-state index in [9.17, 15) is 4.79 Å². The molecule has 0 bridgehead atoms. The van der Waals surface area contributed by atoms with E-state index in [0.717, 1.165) is 12.1 Å². The second-order valence-electron chi connectivity index (χ2n) is 4.28. The number of benzene rings is 2. The fourth-order valence-corrected chi connectivity index (χ4v) is 1.78. The van der Waals surface area contributed by atoms with Crippen LogP contribution >= 0.6 is 0 Å². The summed E-state index contributed by atoms with van der Waals surface area (Å²) in [6, 6.07) is 12.6. The molecule has 4 heteroatoms. The van der Waals surface area contributed by atoms with Crippen LogP contribution in [0.1, 0.15) is 22.8 Å². The van der Waals surface area contributed by atoms with Crippen LogP contribution in [0.4, 0.5) is 17.1 Å². The maximum atomic E-state index is 10.9. The summed E-state index contributed by atoms with van der Waals surface area (Å²) < 4.78 is 0. The predicted octanol–water partition coefficient (Wildman–Crippen LogP) is 3.27. The van der Waals surface area contributed by atoms with Crippen LogP contribution in [0.15, 0.2) is 42.5 Å². The number of nitrogens with one attached hydrogen (secondary N) is 1. The molecule has 2 aromatic carbocycles. The standard InChI is InChI=1S/C15H16N2O2/c1-2-10-3-6-12(7-4-10)17-14-9-11(15(18)19)5-8-13(14)16/h3-9,17H,2,16H2,1H3,(H,18,19). The third-order valence-corrected chi connectivity index (χ3v) is 2.94. The smallest absolute Gasteiger partial charge is 0.335 e. The zero-order valence-electron chi connectivity index (χ0n) is 10.7. The average Bonchev–Trinajstić information content (AvgIpc) is 2.42. The molecule has 4 nitrogen and oxygen atoms in total. The summed E-state index contributed by atoms with van der Waals surface area (Å²) in [7, 11) is 0. The Balaban J connectivity index is 2.26. The number of carboxylic acid groups (broad SMARTS) is 1. The predicted molar refractivity (Wildman–Crippen MR) is 76.9 cm³/mol. The van der Waals surface area contributed by atoms with Gasteiger partial charge in [-0.25, -0.2) is 4.79 Å². The minimum atomic E-state index is -0.968. The molecule has 0 radical (unpaired) electrons. The maximum absolute atomic E-state index is 10.9. The van der Waals surface area contributed by atoms with Gasteiger partial charge in [-0.05, 0) is 42.3 Å². The summed E-state index contributed by atoms with van der Waals surface area (Å²) in [5, 5.41) is 12.1. The fraction of sp³-hybridized carbons (Fsp3) is 0.133. The molecule has 0 aliphatic heterocycles. The molecular weight excluding hydrogens is 240 g/mol. The second-order valence-corrected chi connectivity index (χ2v) is 4.28. The van der Waals surface area contributed by atoms with Crippen LogP contribution in [-0.2, 0) is 6.42 Å². The van der Waals surface area contributed by atoms with E-state index in [1.807, 2.05) is 24.3 Å². The molecule has 0 aliphatic carbocycles. The lowest BCUT2D eigenvalue weighted by atomic mass is 10.1. The van der Waals surface area contributed by atoms with Crippen molar-refractivity contribution < 1.29 is 9.90 Å². The van der Waals surface area contributed by atoms with Gasteiger partial charge < -0.3 is 16.2 Å². The third-order valence-electron chi connectivity index (χ3n) is 2.94. The maximum Gasteiger partial charge on any atom is 0.335 e. The van der Waals surface area contributed by atoms with Crippen molar-refractivity contribution in [3.05, 3.63) is 53.6 Å². The zero-order valence-corrected chi connectivity index (χ0v) is 10.7. The minimum absolute atomic E-state index is 0.210. The van der Waals surface area contributed by atoms with Gasteiger partial charge in [0.2, 0.25) is 0 Å². The molecule has 0 spiro atoms. The van der Waals surface area contributed by atoms with Crippen LogP contribution in [0.25, 0.3) is 0 Å². The topological polar surface area (TPSA) is 75.3 Å². The first-order valence-corrected chi connectivity index (χ1v) is 6.09. The van der Waals surface area contributed by atoms with E-state index in [4.69, 9.17) is 10.8 Å². The molecule has 0 saturated heterocycles. The van der Waals surface area contributed by atoms with E-state index in [1.165, 1.54) is 17.7 Å². The minimum Gasteiger partial charge on any atom is -0.478 e. The third kappa shape index (κ3) is 3.04. The van der Waals surface area contributed by atoms with Crippen molar-refractivity contribution in [2.24, 2.45) is 0 Å². The number of carboxylic acids is 1. The van der Waals surface area contributed by atoms with Gasteiger partial charge in [-0.2, -0.15) is 0 Å². The van der Waals surface area contributed by atoms with Gasteiger partial charge in [0, 0.05) is 5.69 Å². The number of nitrogens with two attached hydrogens (primary N) is 1. The first-order valence-electron chi connectivity index (χ1n) is 6.09. The van der Waals surface area contributed by atoms with Gasteiger partial charge in [-0.1, -0.05) is 19.1 Å². The Morgan fingerprint density at radius 2 is 1.89 bits per heavy atom. The molecule has 0 unspecified atom stereocenters. The average molecular weight is 256 g/mol. The van der Waals surface area contributed by atoms with E-state index >= 15 is 0 Å². The van der Waals surface area contributed by atoms with Gasteiger partial charge >= 0.3 is 5.97 Å². The first kappa shape index (κ1) is 13.0. The normalized spacial score (nSPS) is 10.2. The number of anilines is 3. The van der Waals surface area contributed by atoms with E-state index in [-0.39, 0.29) is 5.56 Å². The Hall–Kier alpha value is -2.49. The largest absolute Gasteiger partial charge is 0.478 e. The molecular formula is C15H16N2O2. The number of hydrogen-bond acceptors (Lipinski definition) is 3. The summed E-state index contributed by atoms with van der Waals surface area (Å²) in [6.45, 7) is 2.09. The number of aryl methyl sites for hydroxylation is 1. The molecule has 2 aromatic rings. The number of aromatic carboxylic acids is 1. The number of hydrogen-bond donors (Lipinski definition) is 3. The lowest BCUT2D eigenvalue weighted by Crippen LogP contribution is -2.01. The van der Waals surface area contributed by atoms with E-state index in [1.54, 1.807) is 6.07 Å². The van der Waals surface area contributed by atoms with Crippen molar-refractivity contribution in [1.29, 1.82) is 0 Å². The molecule has 0 aromatic heterocycles. The van der Waals surface area contributed by atoms with Gasteiger partial charge in [0.1, 0.15) is 0 Å². The Labute approximate surface area is 111 Å². The summed E-state index contributed by atoms with van der Waals surface area (Å²) >= 11 is 0. The molecule has 0 atom stereocenters. The van der Waals surface area contributed by atoms with E-state index in [2.05, 4.69) is 12.2 Å². The molecule has 0 heterocycles. The van der Waals surface area contributed by atoms with Crippen molar-refractivity contribution >= 4 is 23.0 Å². The monoisotopic (exact) mass is 256 g/mol. The fourth-order valence-electron chi connectivity index (χ4n) is 1.78. The lowest BCUT2D eigenvalue weighted by molar-refractivity contribution is 0.0697. The van der Waals surface area contributed by atoms with Crippen LogP contribution in [0, 0.1) is 0 Å². The van der Waals surface area contributed by atoms with Crippen LogP contribution < -0.4 is 11.1 Å². The van der Waals surface area contributed by atoms with Crippen LogP contribution in [0.3, 0.4) is 0 Å². The molecule has 0 saturated carbocycles. The highest BCUT2D eigenvalue weighted by Crippen LogP contribution is 2.24. The SMILES string of the molecule is CCc1ccc(Nc2cc(C(=O)O)ccc2N)cc1. The highest BCUT2D eigenvalue weighted by molar-refractivity contribution is 5.91. The zero-order chi connectivity index (χ0) is 13.8. The molecule has 0 amide bonds. The van der Waals surface area contributed by atoms with Crippen molar-refractivity contribution in [3.63, 3.8) is 0 Å². The first-order chi connectivity index (χ1) is 9.10. The van der Waals surface area contributed by atoms with Crippen molar-refractivity contribution in [1.82, 2.24) is 0 Å². The molecule has 0 aliphatic rings. The van der Waals surface area contributed by atoms with Crippen molar-refractivity contribution in [3.8, 4) is 0 Å². The number of nitrogen functional groups attached to an aromatic ring is 1. The van der Waals surface area contributed by atoms with E-state index in [0.29, 0.717) is 11.4 Å². The number of carbonyl (C=O) groups is 1. The van der Waals surface area contributed by atoms with Crippen LogP contribution in [0.2, 0.25) is 0 Å². The highest BCUT2D eigenvalue weighted by Gasteiger charge is 2.06. The summed E-state index contributed by atoms with van der Waals surface area (Å²) in [4.78, 5) is 10.9. The Kier molecular flexibility index (Phi) is 3.71. The summed E-state index contributed by atoms with van der Waals surface area (Å²) in [5.74, 6) is -0.968. The van der Waals surface area contributed by atoms with Gasteiger partial charge in [-0.3, -0.25) is 0 Å². The summed E-state index contributed by atoms with van der Waals surface area (Å²) in [5.41, 5.74) is 9.30. The molecule has 19 heavy (non-hydrogen) atoms. The van der Waals surface area contributed by atoms with Crippen LogP contribution in [-0.4, -0.2) is 11.1 Å². The van der Waals surface area contributed by atoms with Gasteiger partial charge in [0.15, 0.2) is 0 Å². The van der Waals surface area contributed by atoms with Gasteiger partial charge in [-0.15, -0.1) is 0 Å². The quantitative estimate of drug-likeness (QED) is 0.734. The Morgan fingerprint density at radius 1 is 1.21 bits per heavy atom. The molecule has 4 N–H and O–H groups in total.